The molecule has 15 heavy (non-hydrogen) atoms. The van der Waals surface area contributed by atoms with Crippen LogP contribution in [0.4, 0.5) is 0 Å². The Hall–Kier alpha value is -0.390. The average molecular weight is 292 g/mol. The van der Waals surface area contributed by atoms with Crippen molar-refractivity contribution >= 4 is 26.0 Å². The van der Waals surface area contributed by atoms with Crippen molar-refractivity contribution in [3.63, 3.8) is 0 Å². The fourth-order valence-electron chi connectivity index (χ4n) is 1.03. The summed E-state index contributed by atoms with van der Waals surface area (Å²) in [6.45, 7) is 3.78. The third kappa shape index (κ3) is 3.59. The van der Waals surface area contributed by atoms with Crippen molar-refractivity contribution in [1.29, 1.82) is 0 Å². The van der Waals surface area contributed by atoms with Crippen molar-refractivity contribution in [3.8, 4) is 0 Å². The minimum Gasteiger partial charge on any atom is -0.208 e. The maximum Gasteiger partial charge on any atom is 0.240 e. The molecule has 3 nitrogen and oxygen atoms in total. The Labute approximate surface area is 99.1 Å². The summed E-state index contributed by atoms with van der Waals surface area (Å²) < 4.78 is 27.0. The second-order valence-corrected chi connectivity index (χ2v) is 6.01. The summed E-state index contributed by atoms with van der Waals surface area (Å²) in [7, 11) is -3.36. The van der Waals surface area contributed by atoms with Gasteiger partial charge in [0.25, 0.3) is 0 Å². The van der Waals surface area contributed by atoms with Crippen LogP contribution in [0.3, 0.4) is 0 Å². The molecule has 5 heteroatoms. The van der Waals surface area contributed by atoms with E-state index in [9.17, 15) is 8.42 Å². The monoisotopic (exact) mass is 291 g/mol. The van der Waals surface area contributed by atoms with Crippen LogP contribution in [0.1, 0.15) is 20.3 Å². The molecule has 1 atom stereocenters. The van der Waals surface area contributed by atoms with Crippen LogP contribution in [0.2, 0.25) is 0 Å². The number of nitrogens with one attached hydrogen (secondary N) is 1. The van der Waals surface area contributed by atoms with Crippen LogP contribution < -0.4 is 4.72 Å². The minimum atomic E-state index is -3.36. The second-order valence-electron chi connectivity index (χ2n) is 3.38. The van der Waals surface area contributed by atoms with E-state index in [4.69, 9.17) is 0 Å². The zero-order valence-corrected chi connectivity index (χ0v) is 11.1. The SMILES string of the molecule is CC[C@@H](C)NS(=O)(=O)c1ccc(Br)cc1. The lowest BCUT2D eigenvalue weighted by Crippen LogP contribution is -2.31. The highest BCUT2D eigenvalue weighted by Gasteiger charge is 2.15. The molecule has 0 aliphatic rings. The van der Waals surface area contributed by atoms with Gasteiger partial charge < -0.3 is 0 Å². The number of rotatable bonds is 4. The number of hydrogen-bond acceptors (Lipinski definition) is 2. The maximum atomic E-state index is 11.8. The van der Waals surface area contributed by atoms with E-state index in [0.717, 1.165) is 10.9 Å². The van der Waals surface area contributed by atoms with Crippen molar-refractivity contribution in [1.82, 2.24) is 4.72 Å². The first-order valence-electron chi connectivity index (χ1n) is 4.73. The Morgan fingerprint density at radius 1 is 1.33 bits per heavy atom. The van der Waals surface area contributed by atoms with E-state index in [2.05, 4.69) is 20.7 Å². The first-order chi connectivity index (χ1) is 6.95. The molecule has 0 spiro atoms. The van der Waals surface area contributed by atoms with Gasteiger partial charge in [0.15, 0.2) is 0 Å². The van der Waals surface area contributed by atoms with Gasteiger partial charge in [0.05, 0.1) is 4.90 Å². The van der Waals surface area contributed by atoms with Gasteiger partial charge in [-0.2, -0.15) is 0 Å². The molecule has 0 radical (unpaired) electrons. The Bertz CT molecular complexity index is 414. The lowest BCUT2D eigenvalue weighted by Gasteiger charge is -2.11. The summed E-state index contributed by atoms with van der Waals surface area (Å²) in [6.07, 6.45) is 0.774. The molecule has 0 aromatic heterocycles. The van der Waals surface area contributed by atoms with E-state index in [1.807, 2.05) is 13.8 Å². The fraction of sp³-hybridized carbons (Fsp3) is 0.400. The largest absolute Gasteiger partial charge is 0.240 e. The van der Waals surface area contributed by atoms with Gasteiger partial charge in [0.1, 0.15) is 0 Å². The number of benzene rings is 1. The smallest absolute Gasteiger partial charge is 0.208 e. The lowest BCUT2D eigenvalue weighted by atomic mass is 10.3. The molecular weight excluding hydrogens is 278 g/mol. The van der Waals surface area contributed by atoms with Crippen LogP contribution in [0.15, 0.2) is 33.6 Å². The molecule has 0 bridgehead atoms. The third-order valence-corrected chi connectivity index (χ3v) is 4.23. The standard InChI is InChI=1S/C10H14BrNO2S/c1-3-8(2)12-15(13,14)10-6-4-9(11)5-7-10/h4-8,12H,3H2,1-2H3/t8-/m1/s1. The quantitative estimate of drug-likeness (QED) is 0.927. The van der Waals surface area contributed by atoms with Crippen LogP contribution in [-0.4, -0.2) is 14.5 Å². The first kappa shape index (κ1) is 12.7. The molecule has 1 N–H and O–H groups in total. The van der Waals surface area contributed by atoms with Crippen LogP contribution in [0.5, 0.6) is 0 Å². The van der Waals surface area contributed by atoms with Crippen LogP contribution in [-0.2, 0) is 10.0 Å². The van der Waals surface area contributed by atoms with E-state index in [1.54, 1.807) is 24.3 Å². The van der Waals surface area contributed by atoms with Crippen molar-refractivity contribution in [2.75, 3.05) is 0 Å². The molecule has 0 unspecified atom stereocenters. The topological polar surface area (TPSA) is 46.2 Å². The molecule has 84 valence electrons. The summed E-state index contributed by atoms with van der Waals surface area (Å²) in [5.41, 5.74) is 0. The summed E-state index contributed by atoms with van der Waals surface area (Å²) >= 11 is 3.26. The molecule has 0 aliphatic carbocycles. The van der Waals surface area contributed by atoms with Crippen molar-refractivity contribution in [3.05, 3.63) is 28.7 Å². The molecule has 0 saturated carbocycles. The molecule has 1 rings (SSSR count). The molecule has 0 fully saturated rings. The minimum absolute atomic E-state index is 0.0429. The molecule has 0 heterocycles. The summed E-state index contributed by atoms with van der Waals surface area (Å²) in [5, 5.41) is 0. The van der Waals surface area contributed by atoms with E-state index in [0.29, 0.717) is 4.90 Å². The molecule has 0 aliphatic heterocycles. The van der Waals surface area contributed by atoms with E-state index in [-0.39, 0.29) is 6.04 Å². The van der Waals surface area contributed by atoms with Gasteiger partial charge in [-0.3, -0.25) is 0 Å². The summed E-state index contributed by atoms with van der Waals surface area (Å²) in [5.74, 6) is 0. The van der Waals surface area contributed by atoms with Crippen molar-refractivity contribution < 1.29 is 8.42 Å². The Kier molecular flexibility index (Phi) is 4.31. The van der Waals surface area contributed by atoms with Gasteiger partial charge in [-0.1, -0.05) is 22.9 Å². The second kappa shape index (κ2) is 5.09. The fourth-order valence-corrected chi connectivity index (χ4v) is 2.62. The third-order valence-electron chi connectivity index (χ3n) is 2.09. The van der Waals surface area contributed by atoms with E-state index in [1.165, 1.54) is 0 Å². The average Bonchev–Trinajstić information content (AvgIpc) is 2.17. The Balaban J connectivity index is 2.91. The zero-order chi connectivity index (χ0) is 11.5. The van der Waals surface area contributed by atoms with E-state index < -0.39 is 10.0 Å². The molecule has 1 aromatic rings. The molecule has 0 saturated heterocycles. The highest BCUT2D eigenvalue weighted by atomic mass is 79.9. The van der Waals surface area contributed by atoms with Gasteiger partial charge in [0.2, 0.25) is 10.0 Å². The van der Waals surface area contributed by atoms with Crippen LogP contribution in [0, 0.1) is 0 Å². The van der Waals surface area contributed by atoms with Crippen molar-refractivity contribution in [2.45, 2.75) is 31.2 Å². The summed E-state index contributed by atoms with van der Waals surface area (Å²) in [4.78, 5) is 0.297. The van der Waals surface area contributed by atoms with Gasteiger partial charge in [-0.25, -0.2) is 13.1 Å². The van der Waals surface area contributed by atoms with Gasteiger partial charge in [0, 0.05) is 10.5 Å². The highest BCUT2D eigenvalue weighted by molar-refractivity contribution is 9.10. The normalized spacial score (nSPS) is 13.8. The van der Waals surface area contributed by atoms with Crippen LogP contribution in [0.25, 0.3) is 0 Å². The van der Waals surface area contributed by atoms with Gasteiger partial charge in [-0.15, -0.1) is 0 Å². The molecule has 0 amide bonds. The predicted molar refractivity (Wildman–Crippen MR) is 64.2 cm³/mol. The first-order valence-corrected chi connectivity index (χ1v) is 7.01. The lowest BCUT2D eigenvalue weighted by molar-refractivity contribution is 0.556. The molecule has 1 aromatic carbocycles. The summed E-state index contributed by atoms with van der Waals surface area (Å²) in [6, 6.07) is 6.54. The highest BCUT2D eigenvalue weighted by Crippen LogP contribution is 2.14. The van der Waals surface area contributed by atoms with Crippen LogP contribution >= 0.6 is 15.9 Å². The number of halogens is 1. The Morgan fingerprint density at radius 3 is 2.33 bits per heavy atom. The van der Waals surface area contributed by atoms with Gasteiger partial charge >= 0.3 is 0 Å². The predicted octanol–water partition coefficient (Wildman–Crippen LogP) is 2.53. The number of hydrogen-bond donors (Lipinski definition) is 1. The molecular formula is C10H14BrNO2S. The van der Waals surface area contributed by atoms with E-state index >= 15 is 0 Å². The maximum absolute atomic E-state index is 11.8. The zero-order valence-electron chi connectivity index (χ0n) is 8.70. The Morgan fingerprint density at radius 2 is 1.87 bits per heavy atom. The van der Waals surface area contributed by atoms with Gasteiger partial charge in [-0.05, 0) is 37.6 Å². The van der Waals surface area contributed by atoms with Crippen molar-refractivity contribution in [2.24, 2.45) is 0 Å². The number of sulfonamides is 1.